The first-order chi connectivity index (χ1) is 9.15. The van der Waals surface area contributed by atoms with Gasteiger partial charge in [-0.1, -0.05) is 23.7 Å². The molecule has 0 aliphatic rings. The number of benzene rings is 1. The largest absolute Gasteiger partial charge is 0.383 e. The molecular weight excluding hydrogens is 260 g/mol. The highest BCUT2D eigenvalue weighted by atomic mass is 35.5. The molecule has 0 saturated heterocycles. The molecule has 19 heavy (non-hydrogen) atoms. The number of rotatable bonds is 2. The molecule has 5 heteroatoms. The number of hydrogen-bond acceptors (Lipinski definition) is 3. The van der Waals surface area contributed by atoms with Crippen LogP contribution in [0.3, 0.4) is 0 Å². The Bertz CT molecular complexity index is 748. The number of para-hydroxylation sites is 2. The first-order valence-corrected chi connectivity index (χ1v) is 6.33. The van der Waals surface area contributed by atoms with Crippen LogP contribution in [0.5, 0.6) is 0 Å². The topological polar surface area (TPSA) is 56.7 Å². The summed E-state index contributed by atoms with van der Waals surface area (Å²) in [6.45, 7) is 0. The Labute approximate surface area is 115 Å². The zero-order chi connectivity index (χ0) is 13.4. The van der Waals surface area contributed by atoms with Crippen LogP contribution in [0.4, 0.5) is 5.82 Å². The fourth-order valence-corrected chi connectivity index (χ4v) is 2.34. The SMILES string of the molecule is Cn1c(Cc2cc(Cl)cnc2N)nc2ccccc21. The smallest absolute Gasteiger partial charge is 0.127 e. The van der Waals surface area contributed by atoms with Gasteiger partial charge in [-0.3, -0.25) is 0 Å². The fourth-order valence-electron chi connectivity index (χ4n) is 2.16. The van der Waals surface area contributed by atoms with E-state index in [-0.39, 0.29) is 0 Å². The molecule has 96 valence electrons. The van der Waals surface area contributed by atoms with Gasteiger partial charge in [0, 0.05) is 25.2 Å². The van der Waals surface area contributed by atoms with Crippen molar-refractivity contribution in [2.45, 2.75) is 6.42 Å². The zero-order valence-corrected chi connectivity index (χ0v) is 11.2. The normalized spacial score (nSPS) is 11.1. The van der Waals surface area contributed by atoms with Gasteiger partial charge in [0.05, 0.1) is 16.1 Å². The van der Waals surface area contributed by atoms with Crippen molar-refractivity contribution in [2.24, 2.45) is 7.05 Å². The van der Waals surface area contributed by atoms with Crippen LogP contribution in [-0.4, -0.2) is 14.5 Å². The second-order valence-electron chi connectivity index (χ2n) is 4.45. The Balaban J connectivity index is 2.06. The maximum absolute atomic E-state index is 5.96. The zero-order valence-electron chi connectivity index (χ0n) is 10.5. The third-order valence-corrected chi connectivity index (χ3v) is 3.40. The highest BCUT2D eigenvalue weighted by molar-refractivity contribution is 6.30. The predicted octanol–water partition coefficient (Wildman–Crippen LogP) is 2.79. The third kappa shape index (κ3) is 2.15. The second kappa shape index (κ2) is 4.55. The Morgan fingerprint density at radius 1 is 1.32 bits per heavy atom. The molecule has 0 aliphatic carbocycles. The highest BCUT2D eigenvalue weighted by Crippen LogP contribution is 2.21. The molecule has 0 saturated carbocycles. The number of pyridine rings is 1. The number of anilines is 1. The molecule has 0 radical (unpaired) electrons. The summed E-state index contributed by atoms with van der Waals surface area (Å²) in [4.78, 5) is 8.68. The molecule has 2 N–H and O–H groups in total. The predicted molar refractivity (Wildman–Crippen MR) is 77.2 cm³/mol. The van der Waals surface area contributed by atoms with Crippen LogP contribution in [0.15, 0.2) is 36.5 Å². The Morgan fingerprint density at radius 2 is 2.11 bits per heavy atom. The van der Waals surface area contributed by atoms with E-state index in [4.69, 9.17) is 17.3 Å². The summed E-state index contributed by atoms with van der Waals surface area (Å²) in [5.41, 5.74) is 8.85. The summed E-state index contributed by atoms with van der Waals surface area (Å²) in [6.07, 6.45) is 2.17. The molecule has 0 fully saturated rings. The third-order valence-electron chi connectivity index (χ3n) is 3.20. The van der Waals surface area contributed by atoms with Crippen molar-refractivity contribution in [1.29, 1.82) is 0 Å². The van der Waals surface area contributed by atoms with Crippen LogP contribution in [0.25, 0.3) is 11.0 Å². The summed E-state index contributed by atoms with van der Waals surface area (Å²) in [7, 11) is 2.00. The molecule has 0 bridgehead atoms. The van der Waals surface area contributed by atoms with E-state index in [1.165, 1.54) is 0 Å². The summed E-state index contributed by atoms with van der Waals surface area (Å²) >= 11 is 5.96. The van der Waals surface area contributed by atoms with Gasteiger partial charge in [-0.2, -0.15) is 0 Å². The summed E-state index contributed by atoms with van der Waals surface area (Å²) in [5, 5.41) is 0.586. The Kier molecular flexibility index (Phi) is 2.87. The molecule has 2 aromatic heterocycles. The van der Waals surface area contributed by atoms with Gasteiger partial charge in [0.15, 0.2) is 0 Å². The Hall–Kier alpha value is -2.07. The van der Waals surface area contributed by atoms with Gasteiger partial charge < -0.3 is 10.3 Å². The maximum Gasteiger partial charge on any atom is 0.127 e. The quantitative estimate of drug-likeness (QED) is 0.780. The lowest BCUT2D eigenvalue weighted by Crippen LogP contribution is -2.03. The van der Waals surface area contributed by atoms with Gasteiger partial charge in [-0.25, -0.2) is 9.97 Å². The Morgan fingerprint density at radius 3 is 2.89 bits per heavy atom. The first-order valence-electron chi connectivity index (χ1n) is 5.95. The molecule has 0 atom stereocenters. The number of nitrogens with zero attached hydrogens (tertiary/aromatic N) is 3. The number of fused-ring (bicyclic) bond motifs is 1. The number of aryl methyl sites for hydroxylation is 1. The minimum absolute atomic E-state index is 0.497. The van der Waals surface area contributed by atoms with Gasteiger partial charge in [0.25, 0.3) is 0 Å². The number of nitrogens with two attached hydrogens (primary N) is 1. The molecule has 0 spiro atoms. The van der Waals surface area contributed by atoms with Crippen molar-refractivity contribution in [3.8, 4) is 0 Å². The molecule has 0 amide bonds. The van der Waals surface area contributed by atoms with Crippen molar-refractivity contribution < 1.29 is 0 Å². The van der Waals surface area contributed by atoms with Crippen molar-refractivity contribution in [1.82, 2.24) is 14.5 Å². The van der Waals surface area contributed by atoms with E-state index in [9.17, 15) is 0 Å². The van der Waals surface area contributed by atoms with Crippen molar-refractivity contribution >= 4 is 28.5 Å². The van der Waals surface area contributed by atoms with Crippen LogP contribution in [0, 0.1) is 0 Å². The van der Waals surface area contributed by atoms with Crippen LogP contribution in [0.2, 0.25) is 5.02 Å². The van der Waals surface area contributed by atoms with E-state index < -0.39 is 0 Å². The molecule has 3 rings (SSSR count). The van der Waals surface area contributed by atoms with Gasteiger partial charge in [-0.15, -0.1) is 0 Å². The van der Waals surface area contributed by atoms with Crippen molar-refractivity contribution in [3.05, 3.63) is 52.9 Å². The summed E-state index contributed by atoms with van der Waals surface area (Å²) < 4.78 is 2.07. The maximum atomic E-state index is 5.96. The summed E-state index contributed by atoms with van der Waals surface area (Å²) in [5.74, 6) is 1.44. The van der Waals surface area contributed by atoms with Gasteiger partial charge in [0.1, 0.15) is 11.6 Å². The molecule has 0 unspecified atom stereocenters. The van der Waals surface area contributed by atoms with Gasteiger partial charge >= 0.3 is 0 Å². The lowest BCUT2D eigenvalue weighted by Gasteiger charge is -2.05. The van der Waals surface area contributed by atoms with E-state index in [0.717, 1.165) is 22.4 Å². The minimum Gasteiger partial charge on any atom is -0.383 e. The van der Waals surface area contributed by atoms with Gasteiger partial charge in [-0.05, 0) is 18.2 Å². The van der Waals surface area contributed by atoms with Gasteiger partial charge in [0.2, 0.25) is 0 Å². The lowest BCUT2D eigenvalue weighted by molar-refractivity contribution is 0.844. The highest BCUT2D eigenvalue weighted by Gasteiger charge is 2.10. The standard InChI is InChI=1S/C14H13ClN4/c1-19-12-5-3-2-4-11(12)18-13(19)7-9-6-10(15)8-17-14(9)16/h2-6,8H,7H2,1H3,(H2,16,17). The second-order valence-corrected chi connectivity index (χ2v) is 4.89. The van der Waals surface area contributed by atoms with E-state index in [0.29, 0.717) is 17.3 Å². The van der Waals surface area contributed by atoms with Crippen molar-refractivity contribution in [2.75, 3.05) is 5.73 Å². The number of imidazole rings is 1. The number of halogens is 1. The lowest BCUT2D eigenvalue weighted by atomic mass is 10.2. The van der Waals surface area contributed by atoms with Crippen LogP contribution < -0.4 is 5.73 Å². The number of nitrogen functional groups attached to an aromatic ring is 1. The first kappa shape index (κ1) is 12.0. The van der Waals surface area contributed by atoms with E-state index in [1.807, 2.05) is 37.4 Å². The average molecular weight is 273 g/mol. The van der Waals surface area contributed by atoms with E-state index in [2.05, 4.69) is 14.5 Å². The minimum atomic E-state index is 0.497. The molecule has 1 aromatic carbocycles. The monoisotopic (exact) mass is 272 g/mol. The molecule has 0 aliphatic heterocycles. The van der Waals surface area contributed by atoms with Crippen LogP contribution >= 0.6 is 11.6 Å². The summed E-state index contributed by atoms with van der Waals surface area (Å²) in [6, 6.07) is 9.87. The number of hydrogen-bond donors (Lipinski definition) is 1. The average Bonchev–Trinajstić information content (AvgIpc) is 2.72. The molecular formula is C14H13ClN4. The van der Waals surface area contributed by atoms with E-state index >= 15 is 0 Å². The van der Waals surface area contributed by atoms with Crippen LogP contribution in [0.1, 0.15) is 11.4 Å². The van der Waals surface area contributed by atoms with Crippen LogP contribution in [-0.2, 0) is 13.5 Å². The molecule has 2 heterocycles. The van der Waals surface area contributed by atoms with Crippen molar-refractivity contribution in [3.63, 3.8) is 0 Å². The van der Waals surface area contributed by atoms with E-state index in [1.54, 1.807) is 6.20 Å². The molecule has 3 aromatic rings. The molecule has 4 nitrogen and oxygen atoms in total. The number of aromatic nitrogens is 3. The fraction of sp³-hybridized carbons (Fsp3) is 0.143.